The van der Waals surface area contributed by atoms with Crippen LogP contribution in [0.5, 0.6) is 0 Å². The van der Waals surface area contributed by atoms with Crippen LogP contribution in [-0.2, 0) is 10.8 Å². The zero-order valence-electron chi connectivity index (χ0n) is 36.5. The molecule has 0 unspecified atom stereocenters. The van der Waals surface area contributed by atoms with Gasteiger partial charge in [-0.1, -0.05) is 109 Å². The standard InChI is InChI=1S/C62H53NO/c1-4-13-55-49(8-1)51-22-20-47(35-58(51)62(55)43-30-38-25-39(32-43)33-44(62)31-38)63(45-18-16-40(17-19-45)48-11-7-12-53-52-10-3-6-15-59(52)64-60(48)53)46-21-23-57-54(34-46)50-9-2-5-14-56(50)61(57)41-26-36-24-37(28-41)29-42(61)27-36/h1-23,34-39,41-44H,24-33H2. The van der Waals surface area contributed by atoms with Crippen LogP contribution in [0.4, 0.5) is 17.1 Å². The van der Waals surface area contributed by atoms with E-state index in [1.807, 2.05) is 0 Å². The fourth-order valence-electron chi connectivity index (χ4n) is 17.8. The number of furan rings is 1. The maximum atomic E-state index is 6.56. The lowest BCUT2D eigenvalue weighted by Gasteiger charge is -2.61. The highest BCUT2D eigenvalue weighted by Gasteiger charge is 2.63. The molecule has 0 N–H and O–H groups in total. The van der Waals surface area contributed by atoms with Gasteiger partial charge in [-0.3, -0.25) is 0 Å². The molecule has 0 amide bonds. The van der Waals surface area contributed by atoms with E-state index in [0.29, 0.717) is 0 Å². The molecule has 10 aliphatic carbocycles. The number of nitrogens with zero attached hydrogens (tertiary/aromatic N) is 1. The molecule has 64 heavy (non-hydrogen) atoms. The molecule has 0 radical (unpaired) electrons. The van der Waals surface area contributed by atoms with Crippen molar-refractivity contribution in [1.29, 1.82) is 0 Å². The summed E-state index contributed by atoms with van der Waals surface area (Å²) >= 11 is 0. The predicted octanol–water partition coefficient (Wildman–Crippen LogP) is 16.2. The van der Waals surface area contributed by atoms with Crippen molar-refractivity contribution in [3.8, 4) is 33.4 Å². The number of benzene rings is 7. The van der Waals surface area contributed by atoms with Gasteiger partial charge in [0.1, 0.15) is 11.2 Å². The fourth-order valence-corrected chi connectivity index (χ4v) is 17.8. The summed E-state index contributed by atoms with van der Waals surface area (Å²) in [5, 5.41) is 2.35. The van der Waals surface area contributed by atoms with Gasteiger partial charge in [0.2, 0.25) is 0 Å². The Bertz CT molecular complexity index is 3220. The molecule has 8 bridgehead atoms. The van der Waals surface area contributed by atoms with Crippen molar-refractivity contribution >= 4 is 39.0 Å². The van der Waals surface area contributed by atoms with Gasteiger partial charge in [0.05, 0.1) is 0 Å². The van der Waals surface area contributed by atoms with Gasteiger partial charge < -0.3 is 9.32 Å². The molecule has 2 nitrogen and oxygen atoms in total. The van der Waals surface area contributed by atoms with Gasteiger partial charge in [-0.2, -0.15) is 0 Å². The van der Waals surface area contributed by atoms with Gasteiger partial charge in [0, 0.05) is 44.2 Å². The molecule has 18 rings (SSSR count). The number of fused-ring (bicyclic) bond motifs is 9. The summed E-state index contributed by atoms with van der Waals surface area (Å²) in [6.45, 7) is 0. The van der Waals surface area contributed by atoms with Crippen molar-refractivity contribution in [2.45, 2.75) is 75.0 Å². The summed E-state index contributed by atoms with van der Waals surface area (Å²) in [6.07, 6.45) is 14.2. The van der Waals surface area contributed by atoms with E-state index in [0.717, 1.165) is 64.1 Å². The topological polar surface area (TPSA) is 16.4 Å². The molecule has 1 heterocycles. The Hall–Kier alpha value is -5.86. The van der Waals surface area contributed by atoms with E-state index >= 15 is 0 Å². The number of rotatable bonds is 4. The second kappa shape index (κ2) is 12.5. The highest BCUT2D eigenvalue weighted by Crippen LogP contribution is 2.71. The highest BCUT2D eigenvalue weighted by atomic mass is 16.3. The van der Waals surface area contributed by atoms with Crippen LogP contribution in [0.2, 0.25) is 0 Å². The smallest absolute Gasteiger partial charge is 0.143 e. The van der Waals surface area contributed by atoms with Gasteiger partial charge in [-0.15, -0.1) is 0 Å². The van der Waals surface area contributed by atoms with Crippen LogP contribution < -0.4 is 4.90 Å². The Morgan fingerprint density at radius 2 is 0.844 bits per heavy atom. The maximum Gasteiger partial charge on any atom is 0.143 e. The minimum absolute atomic E-state index is 0.110. The summed E-state index contributed by atoms with van der Waals surface area (Å²) in [7, 11) is 0. The number of hydrogen-bond donors (Lipinski definition) is 0. The largest absolute Gasteiger partial charge is 0.455 e. The Kier molecular flexibility index (Phi) is 6.92. The van der Waals surface area contributed by atoms with E-state index in [9.17, 15) is 0 Å². The molecule has 0 aliphatic heterocycles. The van der Waals surface area contributed by atoms with E-state index < -0.39 is 0 Å². The van der Waals surface area contributed by atoms with Gasteiger partial charge in [-0.05, 0) is 204 Å². The minimum atomic E-state index is 0.110. The first-order valence-corrected chi connectivity index (χ1v) is 24.9. The van der Waals surface area contributed by atoms with Crippen LogP contribution in [0, 0.1) is 47.3 Å². The molecule has 8 saturated carbocycles. The van der Waals surface area contributed by atoms with E-state index in [-0.39, 0.29) is 10.8 Å². The average Bonchev–Trinajstić information content (AvgIpc) is 3.95. The average molecular weight is 828 g/mol. The third kappa shape index (κ3) is 4.39. The normalized spacial score (nSPS) is 31.6. The molecular weight excluding hydrogens is 775 g/mol. The van der Waals surface area contributed by atoms with Crippen molar-refractivity contribution in [3.63, 3.8) is 0 Å². The molecule has 8 aromatic rings. The van der Waals surface area contributed by atoms with E-state index in [1.54, 1.807) is 22.3 Å². The lowest BCUT2D eigenvalue weighted by molar-refractivity contribution is -0.0399. The second-order valence-corrected chi connectivity index (χ2v) is 22.1. The van der Waals surface area contributed by atoms with Crippen LogP contribution in [0.1, 0.15) is 86.5 Å². The molecular formula is C62H53NO. The van der Waals surface area contributed by atoms with Crippen molar-refractivity contribution in [2.75, 3.05) is 4.90 Å². The zero-order valence-corrected chi connectivity index (χ0v) is 36.5. The van der Waals surface area contributed by atoms with Crippen molar-refractivity contribution in [3.05, 3.63) is 174 Å². The van der Waals surface area contributed by atoms with Gasteiger partial charge >= 0.3 is 0 Å². The molecule has 2 heteroatoms. The van der Waals surface area contributed by atoms with Gasteiger partial charge in [0.25, 0.3) is 0 Å². The first kappa shape index (κ1) is 35.5. The third-order valence-corrected chi connectivity index (χ3v) is 19.4. The van der Waals surface area contributed by atoms with Crippen LogP contribution >= 0.6 is 0 Å². The van der Waals surface area contributed by atoms with Crippen LogP contribution in [0.15, 0.2) is 156 Å². The Balaban J connectivity index is 0.887. The van der Waals surface area contributed by atoms with Crippen LogP contribution in [-0.4, -0.2) is 0 Å². The van der Waals surface area contributed by atoms with Crippen LogP contribution in [0.3, 0.4) is 0 Å². The van der Waals surface area contributed by atoms with E-state index in [4.69, 9.17) is 4.42 Å². The van der Waals surface area contributed by atoms with Crippen LogP contribution in [0.25, 0.3) is 55.3 Å². The van der Waals surface area contributed by atoms with Crippen molar-refractivity contribution in [2.24, 2.45) is 47.3 Å². The third-order valence-electron chi connectivity index (χ3n) is 19.4. The summed E-state index contributed by atoms with van der Waals surface area (Å²) < 4.78 is 6.56. The van der Waals surface area contributed by atoms with Crippen molar-refractivity contribution < 1.29 is 4.42 Å². The maximum absolute atomic E-state index is 6.56. The molecule has 7 aromatic carbocycles. The van der Waals surface area contributed by atoms with E-state index in [2.05, 4.69) is 157 Å². The molecule has 0 saturated heterocycles. The lowest BCUT2D eigenvalue weighted by Crippen LogP contribution is -2.55. The minimum Gasteiger partial charge on any atom is -0.455 e. The van der Waals surface area contributed by atoms with Crippen molar-refractivity contribution in [1.82, 2.24) is 0 Å². The number of para-hydroxylation sites is 2. The zero-order chi connectivity index (χ0) is 41.5. The summed E-state index contributed by atoms with van der Waals surface area (Å²) in [5.74, 6) is 6.67. The molecule has 1 aromatic heterocycles. The fraction of sp³-hybridized carbons (Fsp3) is 0.323. The van der Waals surface area contributed by atoms with Gasteiger partial charge in [-0.25, -0.2) is 0 Å². The molecule has 312 valence electrons. The Morgan fingerprint density at radius 1 is 0.359 bits per heavy atom. The quantitative estimate of drug-likeness (QED) is 0.176. The molecule has 8 fully saturated rings. The molecule has 0 atom stereocenters. The number of anilines is 3. The summed E-state index contributed by atoms with van der Waals surface area (Å²) in [4.78, 5) is 2.61. The SMILES string of the molecule is c1ccc2c(c1)-c1cc(N(c3ccc(-c4cccc5c4oc4ccccc45)cc3)c3ccc4c(c3)C3(c5ccccc5-4)C4CC5CC(C4)CC3C5)ccc1C21C2CC3CC(C2)CC1C3. The lowest BCUT2D eigenvalue weighted by atomic mass is 9.43. The summed E-state index contributed by atoms with van der Waals surface area (Å²) in [6, 6.07) is 59.0. The van der Waals surface area contributed by atoms with Gasteiger partial charge in [0.15, 0.2) is 0 Å². The monoisotopic (exact) mass is 827 g/mol. The summed E-state index contributed by atoms with van der Waals surface area (Å²) in [5.41, 5.74) is 20.6. The first-order chi connectivity index (χ1) is 31.6. The first-order valence-electron chi connectivity index (χ1n) is 24.9. The Morgan fingerprint density at radius 3 is 1.52 bits per heavy atom. The number of hydrogen-bond acceptors (Lipinski definition) is 2. The molecule has 2 spiro atoms. The predicted molar refractivity (Wildman–Crippen MR) is 260 cm³/mol. The Labute approximate surface area is 376 Å². The van der Waals surface area contributed by atoms with E-state index in [1.165, 1.54) is 120 Å². The molecule has 10 aliphatic rings. The highest BCUT2D eigenvalue weighted by molar-refractivity contribution is 6.09. The second-order valence-electron chi connectivity index (χ2n) is 22.1.